The molecule has 0 unspecified atom stereocenters. The van der Waals surface area contributed by atoms with E-state index < -0.39 is 7.12 Å². The van der Waals surface area contributed by atoms with Crippen molar-refractivity contribution in [1.29, 1.82) is 0 Å². The van der Waals surface area contributed by atoms with Gasteiger partial charge >= 0.3 is 0 Å². The van der Waals surface area contributed by atoms with Gasteiger partial charge in [0.05, 0.1) is 5.69 Å². The summed E-state index contributed by atoms with van der Waals surface area (Å²) in [5.41, 5.74) is 1.89. The maximum Gasteiger partial charge on any atom is 0.268 e. The molecule has 0 bridgehead atoms. The fourth-order valence-electron chi connectivity index (χ4n) is 3.62. The molecule has 0 atom stereocenters. The minimum absolute atomic E-state index is 0.541. The van der Waals surface area contributed by atoms with Crippen molar-refractivity contribution in [3.05, 3.63) is 63.8 Å². The van der Waals surface area contributed by atoms with Gasteiger partial charge in [0.25, 0.3) is 7.12 Å². The number of benzene rings is 1. The molecular weight excluding hydrogens is 415 g/mol. The van der Waals surface area contributed by atoms with Crippen LogP contribution < -0.4 is 0 Å². The smallest absolute Gasteiger partial charge is 0.268 e. The Kier molecular flexibility index (Phi) is 5.57. The van der Waals surface area contributed by atoms with E-state index in [1.807, 2.05) is 84.0 Å². The molecule has 30 heavy (non-hydrogen) atoms. The highest BCUT2D eigenvalue weighted by atomic mass is 32.1. The average Bonchev–Trinajstić information content (AvgIpc) is 3.41. The quantitative estimate of drug-likeness (QED) is 0.340. The highest BCUT2D eigenvalue weighted by Gasteiger charge is 2.18. The summed E-state index contributed by atoms with van der Waals surface area (Å²) in [6.07, 6.45) is 1.91. The fourth-order valence-corrected chi connectivity index (χ4v) is 4.41. The lowest BCUT2D eigenvalue weighted by Crippen LogP contribution is -2.44. The summed E-state index contributed by atoms with van der Waals surface area (Å²) in [4.78, 5) is 0. The van der Waals surface area contributed by atoms with Gasteiger partial charge in [-0.2, -0.15) is 10.2 Å². The third-order valence-corrected chi connectivity index (χ3v) is 5.94. The maximum absolute atomic E-state index is 5.74. The van der Waals surface area contributed by atoms with Crippen molar-refractivity contribution in [1.82, 2.24) is 38.2 Å². The number of hydrogen-bond acceptors (Lipinski definition) is 5. The van der Waals surface area contributed by atoms with E-state index in [1.54, 1.807) is 9.19 Å². The van der Waals surface area contributed by atoms with Crippen LogP contribution in [-0.4, -0.2) is 45.3 Å². The molecule has 0 aliphatic carbocycles. The second-order valence-corrected chi connectivity index (χ2v) is 7.66. The molecule has 0 N–H and O–H groups in total. The largest absolute Gasteiger partial charge is 0.424 e. The lowest BCUT2D eigenvalue weighted by atomic mass is 9.96. The van der Waals surface area contributed by atoms with Crippen molar-refractivity contribution < 1.29 is 0 Å². The van der Waals surface area contributed by atoms with Gasteiger partial charge in [-0.25, -0.2) is 5.10 Å². The van der Waals surface area contributed by atoms with Crippen LogP contribution in [0.3, 0.4) is 0 Å². The maximum atomic E-state index is 5.74. The molecular formula is C19H23BN8S2-. The molecule has 0 saturated carbocycles. The van der Waals surface area contributed by atoms with Crippen molar-refractivity contribution in [2.24, 2.45) is 0 Å². The van der Waals surface area contributed by atoms with Gasteiger partial charge in [-0.15, -0.1) is 0 Å². The summed E-state index contributed by atoms with van der Waals surface area (Å²) in [5.74, 6) is 1.67. The minimum Gasteiger partial charge on any atom is -0.424 e. The van der Waals surface area contributed by atoms with Crippen LogP contribution in [0.5, 0.6) is 0 Å². The average molecular weight is 438 g/mol. The molecule has 1 radical (unpaired) electrons. The lowest BCUT2D eigenvalue weighted by molar-refractivity contribution is 0.707. The van der Waals surface area contributed by atoms with Crippen LogP contribution in [0, 0.1) is 23.4 Å². The van der Waals surface area contributed by atoms with Gasteiger partial charge in [-0.05, 0) is 64.4 Å². The number of nitrogens with zero attached hydrogens (tertiary/aromatic N) is 8. The molecule has 4 aromatic rings. The van der Waals surface area contributed by atoms with Gasteiger partial charge in [-0.3, -0.25) is 0 Å². The van der Waals surface area contributed by atoms with E-state index in [1.165, 1.54) is 0 Å². The first-order chi connectivity index (χ1) is 14.5. The molecule has 0 aliphatic rings. The van der Waals surface area contributed by atoms with Gasteiger partial charge in [0.15, 0.2) is 9.54 Å². The van der Waals surface area contributed by atoms with Crippen LogP contribution >= 0.6 is 24.4 Å². The number of hydrogen-bond donors (Lipinski definition) is 0. The summed E-state index contributed by atoms with van der Waals surface area (Å²) in [6, 6.07) is 12.0. The fraction of sp³-hybridized carbons (Fsp3) is 0.316. The van der Waals surface area contributed by atoms with Crippen LogP contribution in [0.15, 0.2) is 42.6 Å². The van der Waals surface area contributed by atoms with Crippen LogP contribution in [0.25, 0.3) is 11.3 Å². The molecule has 8 nitrogen and oxygen atoms in total. The molecule has 0 saturated heterocycles. The zero-order valence-electron chi connectivity index (χ0n) is 17.4. The Morgan fingerprint density at radius 3 is 1.80 bits per heavy atom. The van der Waals surface area contributed by atoms with E-state index in [0.717, 1.165) is 36.0 Å². The Morgan fingerprint density at radius 2 is 1.33 bits per heavy atom. The summed E-state index contributed by atoms with van der Waals surface area (Å²) < 4.78 is 10.5. The van der Waals surface area contributed by atoms with Gasteiger partial charge in [0, 0.05) is 18.7 Å². The Labute approximate surface area is 185 Å². The predicted molar refractivity (Wildman–Crippen MR) is 123 cm³/mol. The van der Waals surface area contributed by atoms with E-state index >= 15 is 0 Å². The van der Waals surface area contributed by atoms with Gasteiger partial charge < -0.3 is 22.9 Å². The van der Waals surface area contributed by atoms with Crippen molar-refractivity contribution in [3.63, 3.8) is 0 Å². The zero-order chi connectivity index (χ0) is 21.4. The van der Waals surface area contributed by atoms with Crippen LogP contribution in [0.2, 0.25) is 0 Å². The third kappa shape index (κ3) is 3.37. The van der Waals surface area contributed by atoms with Crippen molar-refractivity contribution in [2.45, 2.75) is 40.8 Å². The van der Waals surface area contributed by atoms with Gasteiger partial charge in [0.1, 0.15) is 11.6 Å². The normalized spacial score (nSPS) is 11.5. The van der Waals surface area contributed by atoms with E-state index in [4.69, 9.17) is 39.7 Å². The first kappa shape index (κ1) is 20.5. The van der Waals surface area contributed by atoms with Crippen LogP contribution in [0.1, 0.15) is 25.5 Å². The topological polar surface area (TPSA) is 63.3 Å². The highest BCUT2D eigenvalue weighted by molar-refractivity contribution is 7.71. The predicted octanol–water partition coefficient (Wildman–Crippen LogP) is 3.59. The number of aryl methyl sites for hydroxylation is 2. The second kappa shape index (κ2) is 8.15. The first-order valence-electron chi connectivity index (χ1n) is 9.88. The van der Waals surface area contributed by atoms with Gasteiger partial charge in [-0.1, -0.05) is 30.3 Å². The SMILES string of the molecule is CCn1c(C)nn([B-](n2ccc(-c3ccccc3)n2)n2nc(C)n(CC)c2=S)c1=S. The molecule has 155 valence electrons. The molecule has 0 fully saturated rings. The monoisotopic (exact) mass is 438 g/mol. The molecule has 3 aromatic heterocycles. The van der Waals surface area contributed by atoms with E-state index in [9.17, 15) is 0 Å². The van der Waals surface area contributed by atoms with Crippen LogP contribution in [-0.2, 0) is 13.1 Å². The zero-order valence-corrected chi connectivity index (χ0v) is 19.1. The number of aromatic nitrogens is 8. The third-order valence-electron chi connectivity index (χ3n) is 5.12. The molecule has 11 heteroatoms. The van der Waals surface area contributed by atoms with Crippen LogP contribution in [0.4, 0.5) is 0 Å². The van der Waals surface area contributed by atoms with E-state index in [2.05, 4.69) is 0 Å². The summed E-state index contributed by atoms with van der Waals surface area (Å²) >= 11 is 11.5. The number of rotatable bonds is 6. The molecule has 0 amide bonds. The Balaban J connectivity index is 1.93. The molecule has 1 aromatic carbocycles. The Bertz CT molecular complexity index is 1230. The Hall–Kier alpha value is -2.79. The lowest BCUT2D eigenvalue weighted by Gasteiger charge is -2.28. The molecule has 3 heterocycles. The summed E-state index contributed by atoms with van der Waals surface area (Å²) in [5, 5.41) is 14.3. The van der Waals surface area contributed by atoms with Crippen molar-refractivity contribution in [2.75, 3.05) is 0 Å². The molecule has 0 aliphatic heterocycles. The molecule has 4 rings (SSSR count). The summed E-state index contributed by atoms with van der Waals surface area (Å²) in [6.45, 7) is 9.46. The summed E-state index contributed by atoms with van der Waals surface area (Å²) in [7, 11) is -0.541. The van der Waals surface area contributed by atoms with E-state index in [-0.39, 0.29) is 0 Å². The van der Waals surface area contributed by atoms with Gasteiger partial charge in [0.2, 0.25) is 0 Å². The Morgan fingerprint density at radius 1 is 0.800 bits per heavy atom. The highest BCUT2D eigenvalue weighted by Crippen LogP contribution is 2.17. The van der Waals surface area contributed by atoms with Crippen molar-refractivity contribution >= 4 is 31.6 Å². The standard InChI is InChI=1S/C19H23BN8S2/c1-5-24-14(3)21-27(18(24)29)20(28-19(30)25(6-2)15(4)22-28)26-13-12-17(23-26)16-10-8-7-9-11-16/h7-13H,5-6H2,1-4H3/q-1. The molecule has 0 spiro atoms. The van der Waals surface area contributed by atoms with E-state index in [0.29, 0.717) is 9.54 Å². The van der Waals surface area contributed by atoms with Crippen molar-refractivity contribution in [3.8, 4) is 11.3 Å². The first-order valence-corrected chi connectivity index (χ1v) is 10.7. The second-order valence-electron chi connectivity index (χ2n) is 6.93. The minimum atomic E-state index is -0.541.